The van der Waals surface area contributed by atoms with Gasteiger partial charge in [0.15, 0.2) is 5.82 Å². The smallest absolute Gasteiger partial charge is 0.421 e. The Morgan fingerprint density at radius 1 is 0.968 bits per heavy atom. The van der Waals surface area contributed by atoms with Crippen LogP contribution in [0.1, 0.15) is 42.9 Å². The van der Waals surface area contributed by atoms with Crippen molar-refractivity contribution in [2.24, 2.45) is 0 Å². The van der Waals surface area contributed by atoms with Gasteiger partial charge in [-0.2, -0.15) is 18.2 Å². The zero-order chi connectivity index (χ0) is 22.3. The molecule has 164 valence electrons. The van der Waals surface area contributed by atoms with Crippen molar-refractivity contribution in [3.8, 4) is 6.01 Å². The maximum Gasteiger partial charge on any atom is 0.421 e. The van der Waals surface area contributed by atoms with Crippen LogP contribution in [0.5, 0.6) is 6.01 Å². The quantitative estimate of drug-likeness (QED) is 0.360. The van der Waals surface area contributed by atoms with Crippen LogP contribution in [0.3, 0.4) is 0 Å². The average molecular weight is 429 g/mol. The number of rotatable bonds is 9. The zero-order valence-electron chi connectivity index (χ0n) is 17.7. The van der Waals surface area contributed by atoms with Gasteiger partial charge in [-0.05, 0) is 30.0 Å². The minimum atomic E-state index is -4.58. The molecule has 1 heterocycles. The Morgan fingerprint density at radius 2 is 1.68 bits per heavy atom. The third kappa shape index (κ3) is 5.96. The molecule has 2 aromatic carbocycles. The van der Waals surface area contributed by atoms with Crippen LogP contribution in [0.4, 0.5) is 24.7 Å². The van der Waals surface area contributed by atoms with Gasteiger partial charge in [0.2, 0.25) is 0 Å². The lowest BCUT2D eigenvalue weighted by molar-refractivity contribution is -0.137. The van der Waals surface area contributed by atoms with Crippen LogP contribution in [-0.2, 0) is 19.2 Å². The Hall–Kier alpha value is -3.09. The minimum absolute atomic E-state index is 0.0952. The Balaban J connectivity index is 1.92. The lowest BCUT2D eigenvalue weighted by Gasteiger charge is -2.25. The van der Waals surface area contributed by atoms with E-state index in [-0.39, 0.29) is 18.4 Å². The number of unbranched alkanes of at least 4 members (excludes halogenated alkanes) is 2. The van der Waals surface area contributed by atoms with Crippen LogP contribution in [0, 0.1) is 0 Å². The molecule has 4 nitrogen and oxygen atoms in total. The Morgan fingerprint density at radius 3 is 2.39 bits per heavy atom. The normalized spacial score (nSPS) is 11.4. The number of hydrogen-bond donors (Lipinski definition) is 0. The summed E-state index contributed by atoms with van der Waals surface area (Å²) in [5, 5.41) is 0. The zero-order valence-corrected chi connectivity index (χ0v) is 17.7. The number of nitrogens with zero attached hydrogens (tertiary/aromatic N) is 3. The molecule has 31 heavy (non-hydrogen) atoms. The molecule has 0 unspecified atom stereocenters. The number of ether oxygens (including phenoxy) is 1. The molecular formula is C24H26F3N3O. The van der Waals surface area contributed by atoms with Crippen molar-refractivity contribution in [2.45, 2.75) is 45.4 Å². The Labute approximate surface area is 180 Å². The van der Waals surface area contributed by atoms with Crippen molar-refractivity contribution in [3.63, 3.8) is 0 Å². The fourth-order valence-corrected chi connectivity index (χ4v) is 3.33. The summed E-state index contributed by atoms with van der Waals surface area (Å²) < 4.78 is 46.7. The van der Waals surface area contributed by atoms with Gasteiger partial charge in [0, 0.05) is 18.9 Å². The third-order valence-corrected chi connectivity index (χ3v) is 4.98. The molecule has 0 aliphatic heterocycles. The highest BCUT2D eigenvalue weighted by Gasteiger charge is 2.37. The van der Waals surface area contributed by atoms with E-state index < -0.39 is 11.7 Å². The number of alkyl halides is 3. The maximum atomic E-state index is 13.7. The maximum absolute atomic E-state index is 13.7. The topological polar surface area (TPSA) is 38.2 Å². The first-order valence-electron chi connectivity index (χ1n) is 10.3. The van der Waals surface area contributed by atoms with Gasteiger partial charge in [-0.15, -0.1) is 0 Å². The first-order chi connectivity index (χ1) is 14.9. The van der Waals surface area contributed by atoms with Crippen molar-refractivity contribution >= 4 is 11.5 Å². The van der Waals surface area contributed by atoms with Crippen molar-refractivity contribution in [1.82, 2.24) is 9.97 Å². The molecule has 0 atom stereocenters. The highest BCUT2D eigenvalue weighted by atomic mass is 19.4. The molecule has 7 heteroatoms. The minimum Gasteiger partial charge on any atom is -0.459 e. The average Bonchev–Trinajstić information content (AvgIpc) is 2.77. The van der Waals surface area contributed by atoms with Crippen molar-refractivity contribution in [2.75, 3.05) is 11.9 Å². The molecule has 1 aromatic heterocycles. The standard InChI is InChI=1S/C24H26F3N3O/c1-3-4-6-13-19-14-9-10-15-21(19)30(2)22-20(24(25,26)27)16-28-23(29-22)31-17-18-11-7-5-8-12-18/h5,7-12,14-16H,3-4,6,13,17H2,1-2H3. The third-order valence-electron chi connectivity index (χ3n) is 4.98. The number of anilines is 2. The molecule has 0 spiro atoms. The van der Waals surface area contributed by atoms with E-state index in [9.17, 15) is 13.2 Å². The first-order valence-corrected chi connectivity index (χ1v) is 10.3. The van der Waals surface area contributed by atoms with Crippen LogP contribution in [-0.4, -0.2) is 17.0 Å². The number of hydrogen-bond acceptors (Lipinski definition) is 4. The number of para-hydroxylation sites is 1. The van der Waals surface area contributed by atoms with E-state index in [1.165, 1.54) is 4.90 Å². The molecule has 0 aliphatic rings. The van der Waals surface area contributed by atoms with Gasteiger partial charge >= 0.3 is 12.2 Å². The number of halogens is 3. The molecule has 0 N–H and O–H groups in total. The highest BCUT2D eigenvalue weighted by molar-refractivity contribution is 5.66. The van der Waals surface area contributed by atoms with Gasteiger partial charge in [-0.25, -0.2) is 4.98 Å². The lowest BCUT2D eigenvalue weighted by Crippen LogP contribution is -2.20. The first kappa shape index (κ1) is 22.6. The largest absolute Gasteiger partial charge is 0.459 e. The summed E-state index contributed by atoms with van der Waals surface area (Å²) in [5.41, 5.74) is 1.65. The van der Waals surface area contributed by atoms with Gasteiger partial charge < -0.3 is 9.64 Å². The van der Waals surface area contributed by atoms with Crippen LogP contribution in [0.2, 0.25) is 0 Å². The van der Waals surface area contributed by atoms with E-state index in [1.54, 1.807) is 7.05 Å². The van der Waals surface area contributed by atoms with Crippen LogP contribution < -0.4 is 9.64 Å². The number of aromatic nitrogens is 2. The van der Waals surface area contributed by atoms with Gasteiger partial charge in [-0.3, -0.25) is 0 Å². The van der Waals surface area contributed by atoms with Gasteiger partial charge in [-0.1, -0.05) is 68.3 Å². The van der Waals surface area contributed by atoms with E-state index in [2.05, 4.69) is 16.9 Å². The van der Waals surface area contributed by atoms with Crippen LogP contribution in [0.25, 0.3) is 0 Å². The SMILES string of the molecule is CCCCCc1ccccc1N(C)c1nc(OCc2ccccc2)ncc1C(F)(F)F. The van der Waals surface area contributed by atoms with Crippen molar-refractivity contribution in [3.05, 3.63) is 77.5 Å². The molecule has 0 aliphatic carbocycles. The fourth-order valence-electron chi connectivity index (χ4n) is 3.33. The van der Waals surface area contributed by atoms with E-state index in [0.29, 0.717) is 5.69 Å². The van der Waals surface area contributed by atoms with Crippen LogP contribution in [0.15, 0.2) is 60.8 Å². The van der Waals surface area contributed by atoms with Gasteiger partial charge in [0.1, 0.15) is 12.2 Å². The van der Waals surface area contributed by atoms with Crippen LogP contribution >= 0.6 is 0 Å². The summed E-state index contributed by atoms with van der Waals surface area (Å²) in [6, 6.07) is 16.7. The van der Waals surface area contributed by atoms with E-state index >= 15 is 0 Å². The molecular weight excluding hydrogens is 403 g/mol. The predicted molar refractivity (Wildman–Crippen MR) is 116 cm³/mol. The molecule has 0 saturated carbocycles. The summed E-state index contributed by atoms with van der Waals surface area (Å²) in [6.07, 6.45) is 0.111. The summed E-state index contributed by atoms with van der Waals surface area (Å²) in [5.74, 6) is -0.228. The molecule has 3 rings (SSSR count). The van der Waals surface area contributed by atoms with Crippen molar-refractivity contribution < 1.29 is 17.9 Å². The number of aryl methyl sites for hydroxylation is 1. The van der Waals surface area contributed by atoms with Gasteiger partial charge in [0.05, 0.1) is 0 Å². The highest BCUT2D eigenvalue weighted by Crippen LogP contribution is 2.38. The van der Waals surface area contributed by atoms with Crippen molar-refractivity contribution in [1.29, 1.82) is 0 Å². The fraction of sp³-hybridized carbons (Fsp3) is 0.333. The second kappa shape index (κ2) is 10.3. The summed E-state index contributed by atoms with van der Waals surface area (Å²) in [6.45, 7) is 2.29. The van der Waals surface area contributed by atoms with E-state index in [1.807, 2.05) is 54.6 Å². The molecule has 0 bridgehead atoms. The molecule has 3 aromatic rings. The summed E-state index contributed by atoms with van der Waals surface area (Å²) >= 11 is 0. The van der Waals surface area contributed by atoms with Gasteiger partial charge in [0.25, 0.3) is 0 Å². The molecule has 0 amide bonds. The van der Waals surface area contributed by atoms with E-state index in [0.717, 1.165) is 43.0 Å². The molecule has 0 fully saturated rings. The second-order valence-corrected chi connectivity index (χ2v) is 7.31. The molecule has 0 saturated heterocycles. The predicted octanol–water partition coefficient (Wildman–Crippen LogP) is 6.58. The summed E-state index contributed by atoms with van der Waals surface area (Å²) in [4.78, 5) is 9.41. The Bertz CT molecular complexity index is 977. The lowest BCUT2D eigenvalue weighted by atomic mass is 10.0. The van der Waals surface area contributed by atoms with E-state index in [4.69, 9.17) is 4.74 Å². The number of benzene rings is 2. The summed E-state index contributed by atoms with van der Waals surface area (Å²) in [7, 11) is 1.59. The second-order valence-electron chi connectivity index (χ2n) is 7.31. The Kier molecular flexibility index (Phi) is 7.50. The monoisotopic (exact) mass is 429 g/mol. The molecule has 0 radical (unpaired) electrons.